The van der Waals surface area contributed by atoms with Crippen molar-refractivity contribution in [2.45, 2.75) is 22.6 Å². The minimum Gasteiger partial charge on any atom is -0.448 e. The predicted octanol–water partition coefficient (Wildman–Crippen LogP) is 5.15. The number of benzene rings is 2. The minimum atomic E-state index is -0.172. The molecule has 3 aliphatic rings. The summed E-state index contributed by atoms with van der Waals surface area (Å²) in [5.74, 6) is 0. The zero-order chi connectivity index (χ0) is 19.8. The summed E-state index contributed by atoms with van der Waals surface area (Å²) in [6, 6.07) is 14.9. The Morgan fingerprint density at radius 3 is 2.55 bits per heavy atom. The largest absolute Gasteiger partial charge is 0.448 e. The first-order valence-electron chi connectivity index (χ1n) is 10.1. The normalized spacial score (nSPS) is 19.2. The van der Waals surface area contributed by atoms with Gasteiger partial charge in [-0.1, -0.05) is 47.1 Å². The summed E-state index contributed by atoms with van der Waals surface area (Å²) in [5, 5.41) is 0.789. The molecule has 29 heavy (non-hydrogen) atoms. The van der Waals surface area contributed by atoms with Gasteiger partial charge in [-0.15, -0.1) is 0 Å². The van der Waals surface area contributed by atoms with Crippen molar-refractivity contribution in [3.8, 4) is 0 Å². The Labute approximate surface area is 180 Å². The minimum absolute atomic E-state index is 0.172. The zero-order valence-corrected chi connectivity index (χ0v) is 17.8. The summed E-state index contributed by atoms with van der Waals surface area (Å²) >= 11 is 8.19. The molecule has 2 aromatic carbocycles. The highest BCUT2D eigenvalue weighted by Gasteiger charge is 2.27. The van der Waals surface area contributed by atoms with E-state index in [9.17, 15) is 4.79 Å². The molecule has 2 aromatic rings. The third-order valence-electron chi connectivity index (χ3n) is 5.93. The maximum absolute atomic E-state index is 11.6. The standard InChI is InChI=1S/C23H23ClN2O2S/c24-17-5-6-21-19(15-17)22(18-3-1-2-4-20(18)29-21)16-7-9-25(10-8-16)11-12-26-13-14-28-23(26)27/h1-6,15H,7-14H2. The smallest absolute Gasteiger partial charge is 0.409 e. The Kier molecular flexibility index (Phi) is 5.29. The SMILES string of the molecule is O=C1OCCN1CCN1CCC(=C2c3ccccc3Sc3ccc(Cl)cc32)CC1. The highest BCUT2D eigenvalue weighted by atomic mass is 35.5. The van der Waals surface area contributed by atoms with Crippen LogP contribution in [0.15, 0.2) is 57.8 Å². The Morgan fingerprint density at radius 1 is 0.966 bits per heavy atom. The van der Waals surface area contributed by atoms with E-state index in [0.29, 0.717) is 13.2 Å². The number of nitrogens with zero attached hydrogens (tertiary/aromatic N) is 2. The summed E-state index contributed by atoms with van der Waals surface area (Å²) in [7, 11) is 0. The van der Waals surface area contributed by atoms with Gasteiger partial charge in [0, 0.05) is 41.0 Å². The van der Waals surface area contributed by atoms with Crippen LogP contribution in [0.25, 0.3) is 5.57 Å². The molecule has 4 nitrogen and oxygen atoms in total. The van der Waals surface area contributed by atoms with Crippen molar-refractivity contribution in [2.75, 3.05) is 39.3 Å². The van der Waals surface area contributed by atoms with Crippen molar-refractivity contribution >= 4 is 35.0 Å². The van der Waals surface area contributed by atoms with Crippen LogP contribution in [0.3, 0.4) is 0 Å². The van der Waals surface area contributed by atoms with E-state index in [1.807, 2.05) is 17.8 Å². The number of hydrogen-bond acceptors (Lipinski definition) is 4. The van der Waals surface area contributed by atoms with Gasteiger partial charge in [0.1, 0.15) is 6.61 Å². The van der Waals surface area contributed by atoms with E-state index in [0.717, 1.165) is 44.0 Å². The monoisotopic (exact) mass is 426 g/mol. The third kappa shape index (κ3) is 3.79. The molecule has 150 valence electrons. The van der Waals surface area contributed by atoms with Gasteiger partial charge in [0.25, 0.3) is 0 Å². The zero-order valence-electron chi connectivity index (χ0n) is 16.2. The van der Waals surface area contributed by atoms with Crippen molar-refractivity contribution in [1.82, 2.24) is 9.80 Å². The van der Waals surface area contributed by atoms with Gasteiger partial charge in [-0.3, -0.25) is 0 Å². The molecule has 0 aromatic heterocycles. The number of ether oxygens (including phenoxy) is 1. The van der Waals surface area contributed by atoms with Crippen LogP contribution >= 0.6 is 23.4 Å². The van der Waals surface area contributed by atoms with E-state index in [4.69, 9.17) is 16.3 Å². The Hall–Kier alpha value is -1.95. The molecule has 0 saturated carbocycles. The van der Waals surface area contributed by atoms with Crippen molar-refractivity contribution in [3.05, 3.63) is 64.2 Å². The quantitative estimate of drug-likeness (QED) is 0.579. The van der Waals surface area contributed by atoms with E-state index in [1.165, 1.54) is 32.1 Å². The van der Waals surface area contributed by atoms with E-state index >= 15 is 0 Å². The number of rotatable bonds is 3. The molecule has 0 atom stereocenters. The van der Waals surface area contributed by atoms with Crippen LogP contribution < -0.4 is 0 Å². The lowest BCUT2D eigenvalue weighted by Crippen LogP contribution is -2.38. The molecule has 2 fully saturated rings. The molecule has 0 spiro atoms. The van der Waals surface area contributed by atoms with Crippen LogP contribution in [0.5, 0.6) is 0 Å². The molecule has 0 unspecified atom stereocenters. The third-order valence-corrected chi connectivity index (χ3v) is 7.32. The first kappa shape index (κ1) is 19.0. The first-order chi connectivity index (χ1) is 14.2. The van der Waals surface area contributed by atoms with Crippen LogP contribution in [0.2, 0.25) is 5.02 Å². The maximum atomic E-state index is 11.6. The maximum Gasteiger partial charge on any atom is 0.409 e. The molecule has 0 aliphatic carbocycles. The van der Waals surface area contributed by atoms with Gasteiger partial charge >= 0.3 is 6.09 Å². The fraction of sp³-hybridized carbons (Fsp3) is 0.348. The fourth-order valence-electron chi connectivity index (χ4n) is 4.38. The van der Waals surface area contributed by atoms with Crippen molar-refractivity contribution in [3.63, 3.8) is 0 Å². The lowest BCUT2D eigenvalue weighted by molar-refractivity contribution is 0.152. The van der Waals surface area contributed by atoms with Crippen LogP contribution in [-0.4, -0.2) is 55.2 Å². The van der Waals surface area contributed by atoms with Crippen LogP contribution in [-0.2, 0) is 4.74 Å². The second kappa shape index (κ2) is 8.05. The van der Waals surface area contributed by atoms with Gasteiger partial charge in [-0.05, 0) is 53.8 Å². The van der Waals surface area contributed by atoms with Gasteiger partial charge in [0.05, 0.1) is 6.54 Å². The topological polar surface area (TPSA) is 32.8 Å². The molecule has 0 bridgehead atoms. The molecule has 2 saturated heterocycles. The second-order valence-electron chi connectivity index (χ2n) is 7.66. The molecule has 0 N–H and O–H groups in total. The van der Waals surface area contributed by atoms with Crippen molar-refractivity contribution in [2.24, 2.45) is 0 Å². The molecule has 5 rings (SSSR count). The molecule has 6 heteroatoms. The average Bonchev–Trinajstić information content (AvgIpc) is 3.16. The molecule has 3 aliphatic heterocycles. The lowest BCUT2D eigenvalue weighted by Gasteiger charge is -2.32. The van der Waals surface area contributed by atoms with Crippen LogP contribution in [0.4, 0.5) is 4.79 Å². The summed E-state index contributed by atoms with van der Waals surface area (Å²) < 4.78 is 5.03. The molecule has 3 heterocycles. The molecular formula is C23H23ClN2O2S. The average molecular weight is 427 g/mol. The Bertz CT molecular complexity index is 981. The van der Waals surface area contributed by atoms with Crippen molar-refractivity contribution < 1.29 is 9.53 Å². The van der Waals surface area contributed by atoms with Gasteiger partial charge in [-0.25, -0.2) is 4.79 Å². The van der Waals surface area contributed by atoms with E-state index in [1.54, 1.807) is 4.90 Å². The number of halogens is 1. The highest BCUT2D eigenvalue weighted by Crippen LogP contribution is 2.48. The molecule has 1 amide bonds. The van der Waals surface area contributed by atoms with Crippen molar-refractivity contribution in [1.29, 1.82) is 0 Å². The van der Waals surface area contributed by atoms with Gasteiger partial charge < -0.3 is 14.5 Å². The van der Waals surface area contributed by atoms with Crippen LogP contribution in [0.1, 0.15) is 24.0 Å². The number of fused-ring (bicyclic) bond motifs is 2. The van der Waals surface area contributed by atoms with Gasteiger partial charge in [0.2, 0.25) is 0 Å². The van der Waals surface area contributed by atoms with E-state index in [2.05, 4.69) is 41.3 Å². The summed E-state index contributed by atoms with van der Waals surface area (Å²) in [6.45, 7) is 4.94. The van der Waals surface area contributed by atoms with Gasteiger partial charge in [-0.2, -0.15) is 0 Å². The summed E-state index contributed by atoms with van der Waals surface area (Å²) in [4.78, 5) is 18.5. The fourth-order valence-corrected chi connectivity index (χ4v) is 5.62. The predicted molar refractivity (Wildman–Crippen MR) is 117 cm³/mol. The van der Waals surface area contributed by atoms with E-state index < -0.39 is 0 Å². The highest BCUT2D eigenvalue weighted by molar-refractivity contribution is 7.99. The van der Waals surface area contributed by atoms with E-state index in [-0.39, 0.29) is 6.09 Å². The summed E-state index contributed by atoms with van der Waals surface area (Å²) in [5.41, 5.74) is 5.48. The molecule has 0 radical (unpaired) electrons. The van der Waals surface area contributed by atoms with Gasteiger partial charge in [0.15, 0.2) is 0 Å². The van der Waals surface area contributed by atoms with Crippen LogP contribution in [0, 0.1) is 0 Å². The second-order valence-corrected chi connectivity index (χ2v) is 9.18. The Balaban J connectivity index is 1.38. The number of carbonyl (C=O) groups excluding carboxylic acids is 1. The lowest BCUT2D eigenvalue weighted by atomic mass is 9.88. The number of hydrogen-bond donors (Lipinski definition) is 0. The Morgan fingerprint density at radius 2 is 1.76 bits per heavy atom. The number of likely N-dealkylation sites (tertiary alicyclic amines) is 1. The summed E-state index contributed by atoms with van der Waals surface area (Å²) in [6.07, 6.45) is 1.92. The number of cyclic esters (lactones) is 1. The molecular weight excluding hydrogens is 404 g/mol. The number of amides is 1. The number of carbonyl (C=O) groups is 1. The first-order valence-corrected chi connectivity index (χ1v) is 11.3. The number of piperidine rings is 1.